The average molecular weight is 229 g/mol. The molecular formula is C15H16FN. The molecule has 0 fully saturated rings. The molecule has 0 aliphatic carbocycles. The summed E-state index contributed by atoms with van der Waals surface area (Å²) in [6, 6.07) is 14.5. The number of rotatable bonds is 3. The number of halogens is 1. The highest BCUT2D eigenvalue weighted by molar-refractivity contribution is 5.29. The summed E-state index contributed by atoms with van der Waals surface area (Å²) < 4.78 is 12.8. The molecule has 2 N–H and O–H groups in total. The van der Waals surface area contributed by atoms with Gasteiger partial charge in [-0.3, -0.25) is 0 Å². The topological polar surface area (TPSA) is 26.0 Å². The Labute approximate surface area is 101 Å². The molecule has 1 nitrogen and oxygen atoms in total. The Balaban J connectivity index is 2.14. The molecule has 2 aromatic carbocycles. The monoisotopic (exact) mass is 229 g/mol. The number of hydrogen-bond donors (Lipinski definition) is 1. The van der Waals surface area contributed by atoms with Gasteiger partial charge in [0.15, 0.2) is 0 Å². The van der Waals surface area contributed by atoms with Gasteiger partial charge >= 0.3 is 0 Å². The third-order valence-electron chi connectivity index (χ3n) is 3.00. The van der Waals surface area contributed by atoms with E-state index in [1.54, 1.807) is 12.1 Å². The van der Waals surface area contributed by atoms with Crippen molar-refractivity contribution in [1.82, 2.24) is 0 Å². The molecule has 0 radical (unpaired) electrons. The Hall–Kier alpha value is -1.67. The molecule has 0 aromatic heterocycles. The maximum absolute atomic E-state index is 12.8. The van der Waals surface area contributed by atoms with E-state index in [-0.39, 0.29) is 11.9 Å². The van der Waals surface area contributed by atoms with Crippen molar-refractivity contribution in [3.8, 4) is 0 Å². The fraction of sp³-hybridized carbons (Fsp3) is 0.200. The van der Waals surface area contributed by atoms with Crippen LogP contribution in [0.15, 0.2) is 48.5 Å². The molecule has 0 bridgehead atoms. The lowest BCUT2D eigenvalue weighted by atomic mass is 9.97. The van der Waals surface area contributed by atoms with E-state index in [4.69, 9.17) is 5.73 Å². The second kappa shape index (κ2) is 5.11. The normalized spacial score (nSPS) is 12.4. The van der Waals surface area contributed by atoms with E-state index in [1.807, 2.05) is 12.1 Å². The van der Waals surface area contributed by atoms with Crippen molar-refractivity contribution in [3.05, 3.63) is 71.0 Å². The van der Waals surface area contributed by atoms with Gasteiger partial charge in [0.2, 0.25) is 0 Å². The first-order chi connectivity index (χ1) is 8.16. The lowest BCUT2D eigenvalue weighted by Gasteiger charge is -2.13. The summed E-state index contributed by atoms with van der Waals surface area (Å²) in [5, 5.41) is 0. The standard InChI is InChI=1S/C15H16FN/c1-11-4-2-3-5-13(11)10-15(17)12-6-8-14(16)9-7-12/h2-9,15H,10,17H2,1H3. The SMILES string of the molecule is Cc1ccccc1CC(N)c1ccc(F)cc1. The molecular weight excluding hydrogens is 213 g/mol. The zero-order chi connectivity index (χ0) is 12.3. The van der Waals surface area contributed by atoms with Crippen LogP contribution < -0.4 is 5.73 Å². The molecule has 0 aliphatic heterocycles. The number of aryl methyl sites for hydroxylation is 1. The summed E-state index contributed by atoms with van der Waals surface area (Å²) >= 11 is 0. The van der Waals surface area contributed by atoms with Gasteiger partial charge in [-0.05, 0) is 42.2 Å². The van der Waals surface area contributed by atoms with Crippen LogP contribution in [-0.2, 0) is 6.42 Å². The molecule has 0 saturated heterocycles. The van der Waals surface area contributed by atoms with Crippen molar-refractivity contribution in [2.45, 2.75) is 19.4 Å². The third-order valence-corrected chi connectivity index (χ3v) is 3.00. The molecule has 17 heavy (non-hydrogen) atoms. The molecule has 0 amide bonds. The van der Waals surface area contributed by atoms with Crippen molar-refractivity contribution < 1.29 is 4.39 Å². The Bertz CT molecular complexity index is 491. The lowest BCUT2D eigenvalue weighted by molar-refractivity contribution is 0.624. The first-order valence-corrected chi connectivity index (χ1v) is 5.72. The van der Waals surface area contributed by atoms with E-state index in [0.29, 0.717) is 0 Å². The highest BCUT2D eigenvalue weighted by Gasteiger charge is 2.08. The van der Waals surface area contributed by atoms with Crippen LogP contribution in [0.5, 0.6) is 0 Å². The lowest BCUT2D eigenvalue weighted by Crippen LogP contribution is -2.13. The van der Waals surface area contributed by atoms with E-state index in [2.05, 4.69) is 19.1 Å². The van der Waals surface area contributed by atoms with Crippen molar-refractivity contribution in [1.29, 1.82) is 0 Å². The largest absolute Gasteiger partial charge is 0.324 e. The van der Waals surface area contributed by atoms with Crippen LogP contribution in [0.1, 0.15) is 22.7 Å². The average Bonchev–Trinajstić information content (AvgIpc) is 2.33. The van der Waals surface area contributed by atoms with Crippen molar-refractivity contribution >= 4 is 0 Å². The van der Waals surface area contributed by atoms with E-state index < -0.39 is 0 Å². The predicted molar refractivity (Wildman–Crippen MR) is 68.2 cm³/mol. The summed E-state index contributed by atoms with van der Waals surface area (Å²) in [4.78, 5) is 0. The number of benzene rings is 2. The molecule has 88 valence electrons. The van der Waals surface area contributed by atoms with Crippen molar-refractivity contribution in [2.24, 2.45) is 5.73 Å². The van der Waals surface area contributed by atoms with Gasteiger partial charge in [0.25, 0.3) is 0 Å². The third kappa shape index (κ3) is 2.92. The number of hydrogen-bond acceptors (Lipinski definition) is 1. The van der Waals surface area contributed by atoms with Gasteiger partial charge in [-0.2, -0.15) is 0 Å². The molecule has 2 heteroatoms. The highest BCUT2D eigenvalue weighted by atomic mass is 19.1. The van der Waals surface area contributed by atoms with Crippen LogP contribution in [-0.4, -0.2) is 0 Å². The summed E-state index contributed by atoms with van der Waals surface area (Å²) in [7, 11) is 0. The van der Waals surface area contributed by atoms with Crippen LogP contribution in [0.4, 0.5) is 4.39 Å². The Morgan fingerprint density at radius 2 is 1.71 bits per heavy atom. The van der Waals surface area contributed by atoms with Gasteiger partial charge in [0.05, 0.1) is 0 Å². The summed E-state index contributed by atoms with van der Waals surface area (Å²) in [5.41, 5.74) is 9.57. The zero-order valence-corrected chi connectivity index (χ0v) is 9.86. The van der Waals surface area contributed by atoms with Gasteiger partial charge < -0.3 is 5.73 Å². The van der Waals surface area contributed by atoms with Crippen molar-refractivity contribution in [2.75, 3.05) is 0 Å². The quantitative estimate of drug-likeness (QED) is 0.858. The number of nitrogens with two attached hydrogens (primary N) is 1. The van der Waals surface area contributed by atoms with Crippen LogP contribution in [0.3, 0.4) is 0 Å². The van der Waals surface area contributed by atoms with E-state index in [0.717, 1.165) is 12.0 Å². The second-order valence-electron chi connectivity index (χ2n) is 4.29. The minimum atomic E-state index is -0.225. The molecule has 1 unspecified atom stereocenters. The molecule has 2 aromatic rings. The Morgan fingerprint density at radius 3 is 2.35 bits per heavy atom. The van der Waals surface area contributed by atoms with Crippen molar-refractivity contribution in [3.63, 3.8) is 0 Å². The maximum atomic E-state index is 12.8. The van der Waals surface area contributed by atoms with E-state index in [1.165, 1.54) is 23.3 Å². The fourth-order valence-electron chi connectivity index (χ4n) is 1.90. The van der Waals surface area contributed by atoms with Crippen LogP contribution in [0.25, 0.3) is 0 Å². The first-order valence-electron chi connectivity index (χ1n) is 5.72. The van der Waals surface area contributed by atoms with Gasteiger partial charge in [-0.1, -0.05) is 36.4 Å². The highest BCUT2D eigenvalue weighted by Crippen LogP contribution is 2.18. The fourth-order valence-corrected chi connectivity index (χ4v) is 1.90. The maximum Gasteiger partial charge on any atom is 0.123 e. The summed E-state index contributed by atoms with van der Waals surface area (Å²) in [6.07, 6.45) is 0.776. The Kier molecular flexibility index (Phi) is 3.55. The van der Waals surface area contributed by atoms with Crippen LogP contribution >= 0.6 is 0 Å². The van der Waals surface area contributed by atoms with Gasteiger partial charge in [0, 0.05) is 6.04 Å². The first kappa shape index (κ1) is 11.8. The summed E-state index contributed by atoms with van der Waals surface area (Å²) in [5.74, 6) is -0.225. The summed E-state index contributed by atoms with van der Waals surface area (Å²) in [6.45, 7) is 2.08. The van der Waals surface area contributed by atoms with Crippen LogP contribution in [0, 0.1) is 12.7 Å². The Morgan fingerprint density at radius 1 is 1.06 bits per heavy atom. The molecule has 0 saturated carbocycles. The van der Waals surface area contributed by atoms with Gasteiger partial charge in [-0.25, -0.2) is 4.39 Å². The smallest absolute Gasteiger partial charge is 0.123 e. The molecule has 2 rings (SSSR count). The molecule has 0 aliphatic rings. The van der Waals surface area contributed by atoms with Gasteiger partial charge in [0.1, 0.15) is 5.82 Å². The van der Waals surface area contributed by atoms with E-state index >= 15 is 0 Å². The zero-order valence-electron chi connectivity index (χ0n) is 9.86. The minimum Gasteiger partial charge on any atom is -0.324 e. The minimum absolute atomic E-state index is 0.0864. The van der Waals surface area contributed by atoms with Gasteiger partial charge in [-0.15, -0.1) is 0 Å². The van der Waals surface area contributed by atoms with Crippen LogP contribution in [0.2, 0.25) is 0 Å². The molecule has 0 heterocycles. The molecule has 0 spiro atoms. The van der Waals surface area contributed by atoms with E-state index in [9.17, 15) is 4.39 Å². The molecule has 1 atom stereocenters. The second-order valence-corrected chi connectivity index (χ2v) is 4.29. The predicted octanol–water partition coefficient (Wildman–Crippen LogP) is 3.38.